The topological polar surface area (TPSA) is 59.3 Å². The Bertz CT molecular complexity index is 976. The van der Waals surface area contributed by atoms with E-state index in [4.69, 9.17) is 0 Å². The molecule has 0 aliphatic carbocycles. The SMILES string of the molecule is O=C(Nc1nc2ccccc2n2cncc12)c1ccccc1. The summed E-state index contributed by atoms with van der Waals surface area (Å²) in [4.78, 5) is 21.0. The minimum Gasteiger partial charge on any atom is -0.305 e. The number of fused-ring (bicyclic) bond motifs is 3. The first-order valence-electron chi connectivity index (χ1n) is 6.90. The van der Waals surface area contributed by atoms with E-state index < -0.39 is 0 Å². The lowest BCUT2D eigenvalue weighted by Gasteiger charge is -2.09. The van der Waals surface area contributed by atoms with Crippen molar-refractivity contribution in [3.05, 3.63) is 72.7 Å². The molecule has 2 aromatic heterocycles. The van der Waals surface area contributed by atoms with Crippen LogP contribution >= 0.6 is 0 Å². The van der Waals surface area contributed by atoms with Crippen LogP contribution in [0.3, 0.4) is 0 Å². The fourth-order valence-electron chi connectivity index (χ4n) is 2.46. The highest BCUT2D eigenvalue weighted by Gasteiger charge is 2.12. The Morgan fingerprint density at radius 3 is 2.59 bits per heavy atom. The van der Waals surface area contributed by atoms with Crippen molar-refractivity contribution >= 4 is 28.3 Å². The Labute approximate surface area is 126 Å². The molecule has 0 fully saturated rings. The van der Waals surface area contributed by atoms with E-state index in [-0.39, 0.29) is 5.91 Å². The summed E-state index contributed by atoms with van der Waals surface area (Å²) < 4.78 is 1.92. The Hall–Kier alpha value is -3.21. The average molecular weight is 288 g/mol. The molecule has 0 aliphatic heterocycles. The number of hydrogen-bond acceptors (Lipinski definition) is 3. The van der Waals surface area contributed by atoms with E-state index in [9.17, 15) is 4.79 Å². The predicted molar refractivity (Wildman–Crippen MR) is 84.9 cm³/mol. The Morgan fingerprint density at radius 1 is 0.955 bits per heavy atom. The van der Waals surface area contributed by atoms with Gasteiger partial charge < -0.3 is 5.32 Å². The van der Waals surface area contributed by atoms with Gasteiger partial charge in [0.15, 0.2) is 5.82 Å². The van der Waals surface area contributed by atoms with Gasteiger partial charge in [-0.25, -0.2) is 9.97 Å². The number of rotatable bonds is 2. The molecule has 5 heteroatoms. The molecule has 2 aromatic carbocycles. The van der Waals surface area contributed by atoms with Crippen LogP contribution in [0, 0.1) is 0 Å². The molecule has 4 rings (SSSR count). The molecule has 2 heterocycles. The second-order valence-electron chi connectivity index (χ2n) is 4.92. The monoisotopic (exact) mass is 288 g/mol. The van der Waals surface area contributed by atoms with Crippen molar-refractivity contribution in [3.8, 4) is 0 Å². The lowest BCUT2D eigenvalue weighted by Crippen LogP contribution is -2.13. The lowest BCUT2D eigenvalue weighted by molar-refractivity contribution is 0.102. The van der Waals surface area contributed by atoms with Crippen LogP contribution in [0.4, 0.5) is 5.82 Å². The molecule has 0 spiro atoms. The van der Waals surface area contributed by atoms with Gasteiger partial charge in [0.2, 0.25) is 0 Å². The summed E-state index contributed by atoms with van der Waals surface area (Å²) in [7, 11) is 0. The van der Waals surface area contributed by atoms with Crippen molar-refractivity contribution in [2.45, 2.75) is 0 Å². The number of nitrogens with zero attached hydrogens (tertiary/aromatic N) is 3. The fourth-order valence-corrected chi connectivity index (χ4v) is 2.46. The maximum absolute atomic E-state index is 12.3. The van der Waals surface area contributed by atoms with Crippen molar-refractivity contribution in [1.29, 1.82) is 0 Å². The summed E-state index contributed by atoms with van der Waals surface area (Å²) in [5, 5.41) is 2.87. The Balaban J connectivity index is 1.83. The van der Waals surface area contributed by atoms with Gasteiger partial charge in [-0.15, -0.1) is 0 Å². The van der Waals surface area contributed by atoms with E-state index in [2.05, 4.69) is 15.3 Å². The molecule has 5 nitrogen and oxygen atoms in total. The van der Waals surface area contributed by atoms with Gasteiger partial charge in [-0.05, 0) is 24.3 Å². The zero-order valence-electron chi connectivity index (χ0n) is 11.6. The first-order valence-corrected chi connectivity index (χ1v) is 6.90. The van der Waals surface area contributed by atoms with Gasteiger partial charge in [-0.3, -0.25) is 9.20 Å². The highest BCUT2D eigenvalue weighted by Crippen LogP contribution is 2.21. The predicted octanol–water partition coefficient (Wildman–Crippen LogP) is 3.13. The van der Waals surface area contributed by atoms with Crippen LogP contribution < -0.4 is 5.32 Å². The highest BCUT2D eigenvalue weighted by atomic mass is 16.1. The van der Waals surface area contributed by atoms with Crippen LogP contribution in [0.15, 0.2) is 67.1 Å². The zero-order chi connectivity index (χ0) is 14.9. The standard InChI is InChI=1S/C17H12N4O/c22-17(12-6-2-1-3-7-12)20-16-15-10-18-11-21(15)14-9-5-4-8-13(14)19-16/h1-11H,(H,19,20,22). The molecular weight excluding hydrogens is 276 g/mol. The molecular formula is C17H12N4O. The molecule has 0 radical (unpaired) electrons. The van der Waals surface area contributed by atoms with E-state index in [1.807, 2.05) is 46.9 Å². The molecule has 0 saturated heterocycles. The summed E-state index contributed by atoms with van der Waals surface area (Å²) in [5.74, 6) is 0.316. The molecule has 1 N–H and O–H groups in total. The summed E-state index contributed by atoms with van der Waals surface area (Å²) >= 11 is 0. The summed E-state index contributed by atoms with van der Waals surface area (Å²) in [5.41, 5.74) is 3.11. The number of carbonyl (C=O) groups is 1. The number of hydrogen-bond donors (Lipinski definition) is 1. The van der Waals surface area contributed by atoms with Crippen LogP contribution in [-0.2, 0) is 0 Å². The molecule has 0 atom stereocenters. The number of carbonyl (C=O) groups excluding carboxylic acids is 1. The van der Waals surface area contributed by atoms with Crippen LogP contribution in [-0.4, -0.2) is 20.3 Å². The molecule has 0 bridgehead atoms. The average Bonchev–Trinajstić information content (AvgIpc) is 3.06. The first kappa shape index (κ1) is 12.5. The van der Waals surface area contributed by atoms with Crippen molar-refractivity contribution in [3.63, 3.8) is 0 Å². The number of amides is 1. The second kappa shape index (κ2) is 4.96. The number of para-hydroxylation sites is 2. The van der Waals surface area contributed by atoms with Gasteiger partial charge in [0.05, 0.1) is 23.6 Å². The maximum Gasteiger partial charge on any atom is 0.256 e. The molecule has 0 saturated carbocycles. The van der Waals surface area contributed by atoms with Crippen LogP contribution in [0.25, 0.3) is 16.6 Å². The van der Waals surface area contributed by atoms with Gasteiger partial charge in [-0.2, -0.15) is 0 Å². The summed E-state index contributed by atoms with van der Waals surface area (Å²) in [6.07, 6.45) is 3.41. The molecule has 22 heavy (non-hydrogen) atoms. The van der Waals surface area contributed by atoms with E-state index in [0.29, 0.717) is 11.4 Å². The van der Waals surface area contributed by atoms with Crippen LogP contribution in [0.5, 0.6) is 0 Å². The quantitative estimate of drug-likeness (QED) is 0.616. The number of aromatic nitrogens is 3. The zero-order valence-corrected chi connectivity index (χ0v) is 11.6. The second-order valence-corrected chi connectivity index (χ2v) is 4.92. The van der Waals surface area contributed by atoms with Gasteiger partial charge in [0, 0.05) is 5.56 Å². The number of imidazole rings is 1. The number of nitrogens with one attached hydrogen (secondary N) is 1. The van der Waals surface area contributed by atoms with Crippen molar-refractivity contribution in [1.82, 2.24) is 14.4 Å². The van der Waals surface area contributed by atoms with Gasteiger partial charge in [0.1, 0.15) is 5.52 Å². The largest absolute Gasteiger partial charge is 0.305 e. The van der Waals surface area contributed by atoms with Gasteiger partial charge in [-0.1, -0.05) is 30.3 Å². The van der Waals surface area contributed by atoms with E-state index in [1.54, 1.807) is 24.7 Å². The van der Waals surface area contributed by atoms with E-state index in [0.717, 1.165) is 16.6 Å². The van der Waals surface area contributed by atoms with E-state index >= 15 is 0 Å². The van der Waals surface area contributed by atoms with Crippen molar-refractivity contribution < 1.29 is 4.79 Å². The van der Waals surface area contributed by atoms with Crippen LogP contribution in [0.2, 0.25) is 0 Å². The van der Waals surface area contributed by atoms with Crippen molar-refractivity contribution in [2.75, 3.05) is 5.32 Å². The molecule has 0 unspecified atom stereocenters. The third-order valence-electron chi connectivity index (χ3n) is 3.52. The Morgan fingerprint density at radius 2 is 1.73 bits per heavy atom. The minimum absolute atomic E-state index is 0.188. The Kier molecular flexibility index (Phi) is 2.83. The van der Waals surface area contributed by atoms with Crippen LogP contribution in [0.1, 0.15) is 10.4 Å². The number of benzene rings is 2. The number of anilines is 1. The normalized spacial score (nSPS) is 10.9. The first-order chi connectivity index (χ1) is 10.8. The van der Waals surface area contributed by atoms with E-state index in [1.165, 1.54) is 0 Å². The summed E-state index contributed by atoms with van der Waals surface area (Å²) in [6.45, 7) is 0. The lowest BCUT2D eigenvalue weighted by atomic mass is 10.2. The smallest absolute Gasteiger partial charge is 0.256 e. The minimum atomic E-state index is -0.188. The highest BCUT2D eigenvalue weighted by molar-refractivity contribution is 6.06. The third-order valence-corrected chi connectivity index (χ3v) is 3.52. The molecule has 0 aliphatic rings. The fraction of sp³-hybridized carbons (Fsp3) is 0. The molecule has 1 amide bonds. The maximum atomic E-state index is 12.3. The molecule has 106 valence electrons. The van der Waals surface area contributed by atoms with Gasteiger partial charge in [0.25, 0.3) is 5.91 Å². The van der Waals surface area contributed by atoms with Crippen molar-refractivity contribution in [2.24, 2.45) is 0 Å². The van der Waals surface area contributed by atoms with Gasteiger partial charge >= 0.3 is 0 Å². The third kappa shape index (κ3) is 2.00. The summed E-state index contributed by atoms with van der Waals surface area (Å²) in [6, 6.07) is 16.8. The molecule has 4 aromatic rings.